The molecular weight excluding hydrogens is 475 g/mol. The fraction of sp³-hybridized carbons (Fsp3) is 0.182. The Morgan fingerprint density at radius 2 is 1.72 bits per heavy atom. The van der Waals surface area contributed by atoms with Crippen molar-refractivity contribution in [1.82, 2.24) is 9.97 Å². The van der Waals surface area contributed by atoms with Gasteiger partial charge in [0, 0.05) is 31.8 Å². The van der Waals surface area contributed by atoms with Crippen molar-refractivity contribution < 1.29 is 14.7 Å². The Labute approximate surface area is 200 Å². The van der Waals surface area contributed by atoms with E-state index < -0.39 is 5.97 Å². The molecule has 7 nitrogen and oxygen atoms in total. The van der Waals surface area contributed by atoms with E-state index in [1.54, 1.807) is 49.3 Å². The number of carbonyl (C=O) groups excluding carboxylic acids is 1. The Morgan fingerprint density at radius 3 is 2.34 bits per heavy atom. The highest BCUT2D eigenvalue weighted by Crippen LogP contribution is 2.27. The van der Waals surface area contributed by atoms with E-state index in [4.69, 9.17) is 39.9 Å². The number of aromatic nitrogens is 2. The Hall–Kier alpha value is -2.87. The molecule has 0 fully saturated rings. The minimum absolute atomic E-state index is 0.114. The third-order valence-electron chi connectivity index (χ3n) is 4.50. The summed E-state index contributed by atoms with van der Waals surface area (Å²) >= 11 is 18.3. The number of hydrogen-bond donors (Lipinski definition) is 2. The minimum Gasteiger partial charge on any atom is -0.481 e. The standard InChI is InChI=1S/C22H19Cl3N4O3/c1-29(2)21-15(11-18(30)31)20(25)27-17(28-21)10-12-6-8-13(9-7-12)26-22(32)14-4-3-5-16(23)19(14)24/h3-9H,10-11H2,1-2H3,(H,26,32)(H,30,31). The predicted octanol–water partition coefficient (Wildman–Crippen LogP) is 4.97. The average molecular weight is 494 g/mol. The molecule has 3 aromatic rings. The molecule has 0 aliphatic rings. The van der Waals surface area contributed by atoms with Gasteiger partial charge in [0.05, 0.1) is 22.0 Å². The van der Waals surface area contributed by atoms with E-state index in [-0.39, 0.29) is 28.1 Å². The Bertz CT molecular complexity index is 1170. The van der Waals surface area contributed by atoms with Crippen LogP contribution in [0.2, 0.25) is 15.2 Å². The molecule has 32 heavy (non-hydrogen) atoms. The second-order valence-corrected chi connectivity index (χ2v) is 8.27. The normalized spacial score (nSPS) is 10.7. The summed E-state index contributed by atoms with van der Waals surface area (Å²) in [5, 5.41) is 12.5. The third kappa shape index (κ3) is 5.68. The third-order valence-corrected chi connectivity index (χ3v) is 5.63. The maximum atomic E-state index is 12.5. The lowest BCUT2D eigenvalue weighted by atomic mass is 10.1. The summed E-state index contributed by atoms with van der Waals surface area (Å²) < 4.78 is 0. The van der Waals surface area contributed by atoms with Crippen LogP contribution in [0.5, 0.6) is 0 Å². The van der Waals surface area contributed by atoms with E-state index in [2.05, 4.69) is 15.3 Å². The van der Waals surface area contributed by atoms with Crippen LogP contribution in [0.1, 0.15) is 27.3 Å². The molecule has 0 unspecified atom stereocenters. The number of hydrogen-bond acceptors (Lipinski definition) is 5. The summed E-state index contributed by atoms with van der Waals surface area (Å²) in [6.45, 7) is 0. The summed E-state index contributed by atoms with van der Waals surface area (Å²) in [6.07, 6.45) is 0.111. The van der Waals surface area contributed by atoms with Crippen molar-refractivity contribution in [3.05, 3.63) is 80.2 Å². The Morgan fingerprint density at radius 1 is 1.03 bits per heavy atom. The molecular formula is C22H19Cl3N4O3. The number of carbonyl (C=O) groups is 2. The lowest BCUT2D eigenvalue weighted by Crippen LogP contribution is -2.18. The first-order valence-electron chi connectivity index (χ1n) is 9.44. The highest BCUT2D eigenvalue weighted by Gasteiger charge is 2.18. The van der Waals surface area contributed by atoms with Gasteiger partial charge in [0.2, 0.25) is 0 Å². The highest BCUT2D eigenvalue weighted by atomic mass is 35.5. The molecule has 0 spiro atoms. The highest BCUT2D eigenvalue weighted by molar-refractivity contribution is 6.44. The number of benzene rings is 2. The molecule has 2 aromatic carbocycles. The second-order valence-electron chi connectivity index (χ2n) is 7.13. The van der Waals surface area contributed by atoms with Gasteiger partial charge in [-0.1, -0.05) is 53.0 Å². The van der Waals surface area contributed by atoms with E-state index in [1.807, 2.05) is 12.1 Å². The molecule has 0 saturated heterocycles. The Balaban J connectivity index is 1.76. The number of aliphatic carboxylic acids is 1. The first kappa shape index (κ1) is 23.8. The molecule has 0 saturated carbocycles. The van der Waals surface area contributed by atoms with Crippen molar-refractivity contribution in [2.24, 2.45) is 0 Å². The lowest BCUT2D eigenvalue weighted by Gasteiger charge is -2.17. The molecule has 2 N–H and O–H groups in total. The molecule has 3 rings (SSSR count). The monoisotopic (exact) mass is 492 g/mol. The van der Waals surface area contributed by atoms with E-state index in [9.17, 15) is 9.59 Å². The van der Waals surface area contributed by atoms with Crippen LogP contribution >= 0.6 is 34.8 Å². The average Bonchev–Trinajstić information content (AvgIpc) is 2.72. The number of nitrogens with zero attached hydrogens (tertiary/aromatic N) is 3. The van der Waals surface area contributed by atoms with Crippen LogP contribution in [0.25, 0.3) is 0 Å². The summed E-state index contributed by atoms with van der Waals surface area (Å²) in [6, 6.07) is 12.0. The van der Waals surface area contributed by atoms with E-state index >= 15 is 0 Å². The van der Waals surface area contributed by atoms with E-state index in [1.165, 1.54) is 0 Å². The largest absolute Gasteiger partial charge is 0.481 e. The molecule has 1 amide bonds. The number of anilines is 2. The topological polar surface area (TPSA) is 95.4 Å². The first-order chi connectivity index (χ1) is 15.2. The molecule has 0 atom stereocenters. The molecule has 0 radical (unpaired) electrons. The van der Waals surface area contributed by atoms with Gasteiger partial charge >= 0.3 is 5.97 Å². The number of rotatable bonds is 7. The van der Waals surface area contributed by atoms with Gasteiger partial charge in [-0.25, -0.2) is 9.97 Å². The van der Waals surface area contributed by atoms with E-state index in [0.717, 1.165) is 5.56 Å². The number of amides is 1. The van der Waals surface area contributed by atoms with Crippen LogP contribution in [0, 0.1) is 0 Å². The van der Waals surface area contributed by atoms with Crippen molar-refractivity contribution in [3.8, 4) is 0 Å². The number of carboxylic acid groups (broad SMARTS) is 1. The molecule has 1 heterocycles. The maximum absolute atomic E-state index is 12.5. The summed E-state index contributed by atoms with van der Waals surface area (Å²) in [5.41, 5.74) is 2.12. The molecule has 10 heteroatoms. The molecule has 0 bridgehead atoms. The van der Waals surface area contributed by atoms with Crippen LogP contribution in [0.4, 0.5) is 11.5 Å². The molecule has 1 aromatic heterocycles. The fourth-order valence-electron chi connectivity index (χ4n) is 3.01. The van der Waals surface area contributed by atoms with Crippen molar-refractivity contribution in [2.45, 2.75) is 12.8 Å². The van der Waals surface area contributed by atoms with Crippen LogP contribution in [-0.2, 0) is 17.6 Å². The zero-order valence-electron chi connectivity index (χ0n) is 17.2. The molecule has 0 aliphatic carbocycles. The quantitative estimate of drug-likeness (QED) is 0.451. The van der Waals surface area contributed by atoms with Gasteiger partial charge in [-0.15, -0.1) is 0 Å². The van der Waals surface area contributed by atoms with Gasteiger partial charge in [0.15, 0.2) is 0 Å². The number of halogens is 3. The molecule has 0 aliphatic heterocycles. The van der Waals surface area contributed by atoms with Crippen molar-refractivity contribution >= 4 is 58.2 Å². The van der Waals surface area contributed by atoms with Gasteiger partial charge in [0.1, 0.15) is 16.8 Å². The van der Waals surface area contributed by atoms with Crippen LogP contribution < -0.4 is 10.2 Å². The maximum Gasteiger partial charge on any atom is 0.308 e. The van der Waals surface area contributed by atoms with Crippen molar-refractivity contribution in [3.63, 3.8) is 0 Å². The number of carboxylic acids is 1. The zero-order valence-corrected chi connectivity index (χ0v) is 19.5. The lowest BCUT2D eigenvalue weighted by molar-refractivity contribution is -0.136. The SMILES string of the molecule is CN(C)c1nc(Cc2ccc(NC(=O)c3cccc(Cl)c3Cl)cc2)nc(Cl)c1CC(=O)O. The van der Waals surface area contributed by atoms with Crippen molar-refractivity contribution in [1.29, 1.82) is 0 Å². The van der Waals surface area contributed by atoms with Crippen LogP contribution in [0.15, 0.2) is 42.5 Å². The molecule has 166 valence electrons. The van der Waals surface area contributed by atoms with Crippen LogP contribution in [-0.4, -0.2) is 41.0 Å². The van der Waals surface area contributed by atoms with Gasteiger partial charge in [-0.2, -0.15) is 0 Å². The summed E-state index contributed by atoms with van der Waals surface area (Å²) in [4.78, 5) is 34.0. The summed E-state index contributed by atoms with van der Waals surface area (Å²) in [5.74, 6) is -0.465. The smallest absolute Gasteiger partial charge is 0.308 e. The van der Waals surface area contributed by atoms with Gasteiger partial charge in [-0.3, -0.25) is 9.59 Å². The fourth-order valence-corrected chi connectivity index (χ4v) is 3.64. The zero-order chi connectivity index (χ0) is 23.4. The first-order valence-corrected chi connectivity index (χ1v) is 10.6. The summed E-state index contributed by atoms with van der Waals surface area (Å²) in [7, 11) is 3.52. The van der Waals surface area contributed by atoms with Gasteiger partial charge in [-0.05, 0) is 29.8 Å². The second kappa shape index (κ2) is 10.2. The number of nitrogens with one attached hydrogen (secondary N) is 1. The van der Waals surface area contributed by atoms with Gasteiger partial charge < -0.3 is 15.3 Å². The Kier molecular flexibility index (Phi) is 7.56. The van der Waals surface area contributed by atoms with Gasteiger partial charge in [0.25, 0.3) is 5.91 Å². The predicted molar refractivity (Wildman–Crippen MR) is 126 cm³/mol. The van der Waals surface area contributed by atoms with E-state index in [0.29, 0.717) is 34.3 Å². The minimum atomic E-state index is -1.01. The van der Waals surface area contributed by atoms with Crippen molar-refractivity contribution in [2.75, 3.05) is 24.3 Å². The van der Waals surface area contributed by atoms with Crippen LogP contribution in [0.3, 0.4) is 0 Å².